The van der Waals surface area contributed by atoms with Crippen molar-refractivity contribution in [3.05, 3.63) is 35.7 Å². The van der Waals surface area contributed by atoms with Gasteiger partial charge in [0.05, 0.1) is 5.92 Å². The van der Waals surface area contributed by atoms with Crippen LogP contribution in [0.5, 0.6) is 0 Å². The fourth-order valence-corrected chi connectivity index (χ4v) is 2.53. The lowest BCUT2D eigenvalue weighted by atomic mass is 9.98. The molecule has 1 aliphatic heterocycles. The van der Waals surface area contributed by atoms with E-state index in [4.69, 9.17) is 4.52 Å². The number of benzene rings is 1. The first-order valence-corrected chi connectivity index (χ1v) is 6.91. The van der Waals surface area contributed by atoms with Crippen LogP contribution in [0.3, 0.4) is 0 Å². The zero-order valence-corrected chi connectivity index (χ0v) is 11.4. The number of rotatable bonds is 3. The molecular formula is C15H19N3O. The van der Waals surface area contributed by atoms with Gasteiger partial charge in [-0.1, -0.05) is 43.3 Å². The highest BCUT2D eigenvalue weighted by Crippen LogP contribution is 2.28. The van der Waals surface area contributed by atoms with Crippen LogP contribution in [0, 0.1) is 5.92 Å². The highest BCUT2D eigenvalue weighted by atomic mass is 16.5. The van der Waals surface area contributed by atoms with E-state index in [0.717, 1.165) is 31.0 Å². The topological polar surface area (TPSA) is 51.0 Å². The summed E-state index contributed by atoms with van der Waals surface area (Å²) in [7, 11) is 0. The van der Waals surface area contributed by atoms with Crippen LogP contribution in [0.2, 0.25) is 0 Å². The van der Waals surface area contributed by atoms with Crippen LogP contribution in [0.4, 0.5) is 0 Å². The highest BCUT2D eigenvalue weighted by molar-refractivity contribution is 5.54. The fourth-order valence-electron chi connectivity index (χ4n) is 2.53. The lowest BCUT2D eigenvalue weighted by Crippen LogP contribution is -2.08. The van der Waals surface area contributed by atoms with E-state index >= 15 is 0 Å². The standard InChI is InChI=1S/C15H19N3O/c1-3-11-4-6-12(7-5-11)14-17-15(19-18-14)13-9-16-8-10(13)2/h4-7,10,13,16H,3,8-9H2,1-2H3. The van der Waals surface area contributed by atoms with Crippen LogP contribution in [-0.2, 0) is 6.42 Å². The predicted octanol–water partition coefficient (Wildman–Crippen LogP) is 2.62. The third kappa shape index (κ3) is 2.40. The summed E-state index contributed by atoms with van der Waals surface area (Å²) in [4.78, 5) is 4.55. The van der Waals surface area contributed by atoms with E-state index in [1.807, 2.05) is 0 Å². The minimum Gasteiger partial charge on any atom is -0.339 e. The molecular weight excluding hydrogens is 238 g/mol. The average Bonchev–Trinajstić information content (AvgIpc) is 3.07. The summed E-state index contributed by atoms with van der Waals surface area (Å²) in [5.41, 5.74) is 2.34. The van der Waals surface area contributed by atoms with Crippen LogP contribution in [0.25, 0.3) is 11.4 Å². The molecule has 1 saturated heterocycles. The summed E-state index contributed by atoms with van der Waals surface area (Å²) in [5, 5.41) is 7.46. The minimum atomic E-state index is 0.344. The lowest BCUT2D eigenvalue weighted by Gasteiger charge is -2.07. The van der Waals surface area contributed by atoms with Gasteiger partial charge in [-0.15, -0.1) is 0 Å². The Morgan fingerprint density at radius 2 is 2.05 bits per heavy atom. The van der Waals surface area contributed by atoms with Gasteiger partial charge in [0.1, 0.15) is 0 Å². The predicted molar refractivity (Wildman–Crippen MR) is 73.9 cm³/mol. The summed E-state index contributed by atoms with van der Waals surface area (Å²) in [5.74, 6) is 2.34. The second kappa shape index (κ2) is 5.13. The molecule has 2 atom stereocenters. The zero-order chi connectivity index (χ0) is 13.2. The number of aryl methyl sites for hydroxylation is 1. The van der Waals surface area contributed by atoms with Crippen LogP contribution in [0.1, 0.15) is 31.2 Å². The lowest BCUT2D eigenvalue weighted by molar-refractivity contribution is 0.340. The van der Waals surface area contributed by atoms with E-state index in [-0.39, 0.29) is 0 Å². The van der Waals surface area contributed by atoms with E-state index in [9.17, 15) is 0 Å². The van der Waals surface area contributed by atoms with Crippen molar-refractivity contribution in [2.45, 2.75) is 26.2 Å². The van der Waals surface area contributed by atoms with E-state index in [1.165, 1.54) is 5.56 Å². The normalized spacial score (nSPS) is 22.8. The molecule has 4 heteroatoms. The van der Waals surface area contributed by atoms with E-state index in [0.29, 0.717) is 17.7 Å². The van der Waals surface area contributed by atoms with Gasteiger partial charge in [-0.2, -0.15) is 4.98 Å². The molecule has 0 spiro atoms. The average molecular weight is 257 g/mol. The van der Waals surface area contributed by atoms with E-state index in [2.05, 4.69) is 53.6 Å². The van der Waals surface area contributed by atoms with Gasteiger partial charge in [0.15, 0.2) is 0 Å². The Bertz CT molecular complexity index is 547. The van der Waals surface area contributed by atoms with Gasteiger partial charge in [-0.25, -0.2) is 0 Å². The molecule has 100 valence electrons. The Hall–Kier alpha value is -1.68. The molecule has 2 heterocycles. The molecule has 19 heavy (non-hydrogen) atoms. The van der Waals surface area contributed by atoms with Crippen molar-refractivity contribution in [3.8, 4) is 11.4 Å². The summed E-state index contributed by atoms with van der Waals surface area (Å²) in [6, 6.07) is 8.35. The second-order valence-electron chi connectivity index (χ2n) is 5.25. The largest absolute Gasteiger partial charge is 0.339 e. The van der Waals surface area contributed by atoms with Crippen molar-refractivity contribution in [2.75, 3.05) is 13.1 Å². The van der Waals surface area contributed by atoms with Gasteiger partial charge in [-0.05, 0) is 24.4 Å². The third-order valence-electron chi connectivity index (χ3n) is 3.90. The molecule has 1 aliphatic rings. The van der Waals surface area contributed by atoms with Gasteiger partial charge in [0.25, 0.3) is 0 Å². The minimum absolute atomic E-state index is 0.344. The van der Waals surface area contributed by atoms with Gasteiger partial charge < -0.3 is 9.84 Å². The maximum atomic E-state index is 5.43. The van der Waals surface area contributed by atoms with Gasteiger partial charge in [-0.3, -0.25) is 0 Å². The van der Waals surface area contributed by atoms with Crippen molar-refractivity contribution >= 4 is 0 Å². The van der Waals surface area contributed by atoms with Gasteiger partial charge in [0.2, 0.25) is 11.7 Å². The highest BCUT2D eigenvalue weighted by Gasteiger charge is 2.29. The molecule has 1 aromatic heterocycles. The third-order valence-corrected chi connectivity index (χ3v) is 3.90. The molecule has 0 radical (unpaired) electrons. The Morgan fingerprint density at radius 3 is 2.68 bits per heavy atom. The Kier molecular flexibility index (Phi) is 3.34. The molecule has 0 saturated carbocycles. The van der Waals surface area contributed by atoms with Crippen molar-refractivity contribution in [1.29, 1.82) is 0 Å². The molecule has 1 N–H and O–H groups in total. The fraction of sp³-hybridized carbons (Fsp3) is 0.467. The van der Waals surface area contributed by atoms with E-state index < -0.39 is 0 Å². The van der Waals surface area contributed by atoms with Crippen molar-refractivity contribution in [2.24, 2.45) is 5.92 Å². The maximum Gasteiger partial charge on any atom is 0.231 e. The summed E-state index contributed by atoms with van der Waals surface area (Å²) in [6.45, 7) is 6.31. The smallest absolute Gasteiger partial charge is 0.231 e. The van der Waals surface area contributed by atoms with Crippen LogP contribution in [-0.4, -0.2) is 23.2 Å². The zero-order valence-electron chi connectivity index (χ0n) is 11.4. The van der Waals surface area contributed by atoms with Gasteiger partial charge >= 0.3 is 0 Å². The van der Waals surface area contributed by atoms with Crippen molar-refractivity contribution in [1.82, 2.24) is 15.5 Å². The van der Waals surface area contributed by atoms with Crippen LogP contribution < -0.4 is 5.32 Å². The molecule has 0 bridgehead atoms. The number of hydrogen-bond donors (Lipinski definition) is 1. The van der Waals surface area contributed by atoms with E-state index in [1.54, 1.807) is 0 Å². The Morgan fingerprint density at radius 1 is 1.26 bits per heavy atom. The quantitative estimate of drug-likeness (QED) is 0.918. The first kappa shape index (κ1) is 12.4. The SMILES string of the molecule is CCc1ccc(-c2noc(C3CNCC3C)n2)cc1. The molecule has 2 aromatic rings. The molecule has 0 amide bonds. The molecule has 1 aromatic carbocycles. The molecule has 1 fully saturated rings. The number of nitrogens with zero attached hydrogens (tertiary/aromatic N) is 2. The van der Waals surface area contributed by atoms with Crippen LogP contribution >= 0.6 is 0 Å². The molecule has 2 unspecified atom stereocenters. The number of aromatic nitrogens is 2. The first-order valence-electron chi connectivity index (χ1n) is 6.91. The monoisotopic (exact) mass is 257 g/mol. The summed E-state index contributed by atoms with van der Waals surface area (Å²) >= 11 is 0. The number of nitrogens with one attached hydrogen (secondary N) is 1. The number of hydrogen-bond acceptors (Lipinski definition) is 4. The van der Waals surface area contributed by atoms with Crippen molar-refractivity contribution in [3.63, 3.8) is 0 Å². The first-order chi connectivity index (χ1) is 9.28. The molecule has 0 aliphatic carbocycles. The van der Waals surface area contributed by atoms with Crippen LogP contribution in [0.15, 0.2) is 28.8 Å². The summed E-state index contributed by atoms with van der Waals surface area (Å²) in [6.07, 6.45) is 1.04. The molecule has 4 nitrogen and oxygen atoms in total. The Balaban J connectivity index is 1.83. The second-order valence-corrected chi connectivity index (χ2v) is 5.25. The Labute approximate surface area is 113 Å². The summed E-state index contributed by atoms with van der Waals surface area (Å²) < 4.78 is 5.43. The molecule has 3 rings (SSSR count). The van der Waals surface area contributed by atoms with Gasteiger partial charge in [0, 0.05) is 12.1 Å². The van der Waals surface area contributed by atoms with Crippen molar-refractivity contribution < 1.29 is 4.52 Å². The maximum absolute atomic E-state index is 5.43.